The predicted molar refractivity (Wildman–Crippen MR) is 108 cm³/mol. The molecule has 0 radical (unpaired) electrons. The molecule has 3 aromatic rings. The summed E-state index contributed by atoms with van der Waals surface area (Å²) in [5, 5.41) is 10.0. The van der Waals surface area contributed by atoms with Crippen LogP contribution in [0, 0.1) is 0 Å². The first-order valence-corrected chi connectivity index (χ1v) is 9.43. The lowest BCUT2D eigenvalue weighted by Crippen LogP contribution is -2.45. The van der Waals surface area contributed by atoms with Crippen LogP contribution in [-0.2, 0) is 6.54 Å². The second-order valence-corrected chi connectivity index (χ2v) is 6.94. The van der Waals surface area contributed by atoms with Crippen LogP contribution in [0.1, 0.15) is 30.0 Å². The van der Waals surface area contributed by atoms with Gasteiger partial charge in [-0.2, -0.15) is 0 Å². The average Bonchev–Trinajstić information content (AvgIpc) is 2.72. The Balaban J connectivity index is 1.59. The smallest absolute Gasteiger partial charge is 0.123 e. The van der Waals surface area contributed by atoms with Gasteiger partial charge in [-0.3, -0.25) is 0 Å². The Morgan fingerprint density at radius 1 is 1.00 bits per heavy atom. The molecule has 1 aliphatic rings. The van der Waals surface area contributed by atoms with E-state index in [1.165, 1.54) is 34.7 Å². The molecule has 2 atom stereocenters. The van der Waals surface area contributed by atoms with E-state index in [0.29, 0.717) is 12.1 Å². The number of nitrogens with one attached hydrogen (secondary N) is 2. The molecule has 1 heterocycles. The molecule has 1 saturated heterocycles. The van der Waals surface area contributed by atoms with Crippen molar-refractivity contribution >= 4 is 10.8 Å². The zero-order valence-electron chi connectivity index (χ0n) is 15.2. The standard InChI is InChI=1S/C23H26N2O/c1-26-22-14-13-17-8-5-6-11-19(17)20(22)16-25-21-12-7-15-24-23(21)18-9-3-2-4-10-18/h2-6,8-11,13-14,21,23-25H,7,12,15-16H2,1H3/t21-,23-/m0/s1. The van der Waals surface area contributed by atoms with Crippen molar-refractivity contribution in [3.8, 4) is 5.75 Å². The molecule has 1 fully saturated rings. The van der Waals surface area contributed by atoms with Crippen molar-refractivity contribution in [2.75, 3.05) is 13.7 Å². The molecule has 3 aromatic carbocycles. The van der Waals surface area contributed by atoms with E-state index in [9.17, 15) is 0 Å². The van der Waals surface area contributed by atoms with Gasteiger partial charge in [-0.05, 0) is 41.8 Å². The summed E-state index contributed by atoms with van der Waals surface area (Å²) in [5.41, 5.74) is 2.59. The fourth-order valence-corrected chi connectivity index (χ4v) is 4.04. The Kier molecular flexibility index (Phi) is 5.19. The first-order chi connectivity index (χ1) is 12.9. The third-order valence-corrected chi connectivity index (χ3v) is 5.38. The van der Waals surface area contributed by atoms with E-state index >= 15 is 0 Å². The SMILES string of the molecule is COc1ccc2ccccc2c1CN[C@H]1CCCN[C@H]1c1ccccc1. The van der Waals surface area contributed by atoms with E-state index < -0.39 is 0 Å². The molecule has 0 spiro atoms. The van der Waals surface area contributed by atoms with Gasteiger partial charge in [0, 0.05) is 24.2 Å². The van der Waals surface area contributed by atoms with E-state index in [4.69, 9.17) is 4.74 Å². The van der Waals surface area contributed by atoms with Crippen LogP contribution in [-0.4, -0.2) is 19.7 Å². The van der Waals surface area contributed by atoms with Gasteiger partial charge >= 0.3 is 0 Å². The first kappa shape index (κ1) is 17.1. The highest BCUT2D eigenvalue weighted by molar-refractivity contribution is 5.87. The third kappa shape index (κ3) is 3.46. The van der Waals surface area contributed by atoms with Gasteiger partial charge in [0.15, 0.2) is 0 Å². The summed E-state index contributed by atoms with van der Waals surface area (Å²) in [4.78, 5) is 0. The van der Waals surface area contributed by atoms with Crippen molar-refractivity contribution in [1.82, 2.24) is 10.6 Å². The highest BCUT2D eigenvalue weighted by Gasteiger charge is 2.26. The van der Waals surface area contributed by atoms with Gasteiger partial charge in [0.1, 0.15) is 5.75 Å². The van der Waals surface area contributed by atoms with Crippen molar-refractivity contribution < 1.29 is 4.74 Å². The lowest BCUT2D eigenvalue weighted by molar-refractivity contribution is 0.303. The molecule has 3 heteroatoms. The lowest BCUT2D eigenvalue weighted by Gasteiger charge is -2.34. The number of methoxy groups -OCH3 is 1. The number of hydrogen-bond acceptors (Lipinski definition) is 3. The topological polar surface area (TPSA) is 33.3 Å². The van der Waals surface area contributed by atoms with E-state index in [-0.39, 0.29) is 0 Å². The van der Waals surface area contributed by atoms with Crippen molar-refractivity contribution in [3.05, 3.63) is 77.9 Å². The molecule has 0 saturated carbocycles. The Morgan fingerprint density at radius 3 is 2.65 bits per heavy atom. The van der Waals surface area contributed by atoms with Crippen LogP contribution in [0.4, 0.5) is 0 Å². The van der Waals surface area contributed by atoms with Gasteiger partial charge in [0.25, 0.3) is 0 Å². The zero-order chi connectivity index (χ0) is 17.8. The Hall–Kier alpha value is -2.36. The average molecular weight is 346 g/mol. The van der Waals surface area contributed by atoms with E-state index in [2.05, 4.69) is 77.4 Å². The van der Waals surface area contributed by atoms with Crippen LogP contribution in [0.2, 0.25) is 0 Å². The quantitative estimate of drug-likeness (QED) is 0.717. The van der Waals surface area contributed by atoms with Crippen molar-refractivity contribution in [2.24, 2.45) is 0 Å². The Bertz CT molecular complexity index is 862. The van der Waals surface area contributed by atoms with E-state index in [1.54, 1.807) is 7.11 Å². The summed E-state index contributed by atoms with van der Waals surface area (Å²) in [5.74, 6) is 0.955. The van der Waals surface area contributed by atoms with Crippen molar-refractivity contribution in [1.29, 1.82) is 0 Å². The van der Waals surface area contributed by atoms with Crippen molar-refractivity contribution in [2.45, 2.75) is 31.5 Å². The first-order valence-electron chi connectivity index (χ1n) is 9.43. The third-order valence-electron chi connectivity index (χ3n) is 5.38. The minimum absolute atomic E-state index is 0.353. The predicted octanol–water partition coefficient (Wildman–Crippen LogP) is 4.43. The summed E-state index contributed by atoms with van der Waals surface area (Å²) in [6.45, 7) is 1.88. The number of benzene rings is 3. The maximum Gasteiger partial charge on any atom is 0.123 e. The summed E-state index contributed by atoms with van der Waals surface area (Å²) in [6.07, 6.45) is 2.38. The van der Waals surface area contributed by atoms with Gasteiger partial charge in [0.05, 0.1) is 7.11 Å². The molecule has 0 unspecified atom stereocenters. The second-order valence-electron chi connectivity index (χ2n) is 6.94. The number of piperidine rings is 1. The maximum atomic E-state index is 5.65. The van der Waals surface area contributed by atoms with E-state index in [0.717, 1.165) is 18.8 Å². The number of fused-ring (bicyclic) bond motifs is 1. The van der Waals surface area contributed by atoms with Gasteiger partial charge in [-0.25, -0.2) is 0 Å². The zero-order valence-corrected chi connectivity index (χ0v) is 15.2. The minimum Gasteiger partial charge on any atom is -0.496 e. The van der Waals surface area contributed by atoms with Crippen LogP contribution in [0.25, 0.3) is 10.8 Å². The molecular formula is C23H26N2O. The molecule has 3 nitrogen and oxygen atoms in total. The molecule has 0 amide bonds. The highest BCUT2D eigenvalue weighted by atomic mass is 16.5. The summed E-state index contributed by atoms with van der Waals surface area (Å²) in [7, 11) is 1.75. The summed E-state index contributed by atoms with van der Waals surface area (Å²) >= 11 is 0. The minimum atomic E-state index is 0.353. The Morgan fingerprint density at radius 2 is 1.81 bits per heavy atom. The molecule has 0 aromatic heterocycles. The molecule has 2 N–H and O–H groups in total. The monoisotopic (exact) mass is 346 g/mol. The molecule has 26 heavy (non-hydrogen) atoms. The molecule has 0 bridgehead atoms. The van der Waals surface area contributed by atoms with E-state index in [1.807, 2.05) is 0 Å². The summed E-state index contributed by atoms with van der Waals surface area (Å²) < 4.78 is 5.65. The fourth-order valence-electron chi connectivity index (χ4n) is 4.04. The molecule has 4 rings (SSSR count). The molecule has 1 aliphatic heterocycles. The fraction of sp³-hybridized carbons (Fsp3) is 0.304. The lowest BCUT2D eigenvalue weighted by atomic mass is 9.92. The summed E-state index contributed by atoms with van der Waals surface area (Å²) in [6, 6.07) is 24.3. The van der Waals surface area contributed by atoms with Crippen LogP contribution in [0.5, 0.6) is 5.75 Å². The normalized spacial score (nSPS) is 20.2. The largest absolute Gasteiger partial charge is 0.496 e. The van der Waals surface area contributed by atoms with Gasteiger partial charge in [0.2, 0.25) is 0 Å². The van der Waals surface area contributed by atoms with Crippen LogP contribution < -0.4 is 15.4 Å². The second kappa shape index (κ2) is 7.90. The Labute approximate surface area is 155 Å². The maximum absolute atomic E-state index is 5.65. The highest BCUT2D eigenvalue weighted by Crippen LogP contribution is 2.29. The number of hydrogen-bond donors (Lipinski definition) is 2. The number of rotatable bonds is 5. The van der Waals surface area contributed by atoms with Crippen LogP contribution in [0.15, 0.2) is 66.7 Å². The number of ether oxygens (including phenoxy) is 1. The molecule has 134 valence electrons. The van der Waals surface area contributed by atoms with Gasteiger partial charge in [-0.15, -0.1) is 0 Å². The van der Waals surface area contributed by atoms with Gasteiger partial charge < -0.3 is 15.4 Å². The van der Waals surface area contributed by atoms with Gasteiger partial charge in [-0.1, -0.05) is 60.7 Å². The van der Waals surface area contributed by atoms with Crippen LogP contribution >= 0.6 is 0 Å². The van der Waals surface area contributed by atoms with Crippen molar-refractivity contribution in [3.63, 3.8) is 0 Å². The van der Waals surface area contributed by atoms with Crippen LogP contribution in [0.3, 0.4) is 0 Å². The molecule has 0 aliphatic carbocycles. The molecular weight excluding hydrogens is 320 g/mol.